The van der Waals surface area contributed by atoms with Gasteiger partial charge < -0.3 is 10.1 Å². The summed E-state index contributed by atoms with van der Waals surface area (Å²) < 4.78 is 5.62. The molecule has 6 heteroatoms. The molecule has 0 saturated carbocycles. The van der Waals surface area contributed by atoms with Crippen molar-refractivity contribution in [3.05, 3.63) is 11.2 Å². The van der Waals surface area contributed by atoms with Crippen LogP contribution in [-0.2, 0) is 0 Å². The zero-order valence-electron chi connectivity index (χ0n) is 10.7. The minimum absolute atomic E-state index is 0.457. The van der Waals surface area contributed by atoms with Crippen molar-refractivity contribution in [1.29, 1.82) is 0 Å². The molecular formula is C12H19ClN4O. The van der Waals surface area contributed by atoms with Gasteiger partial charge in [-0.25, -0.2) is 4.98 Å². The van der Waals surface area contributed by atoms with E-state index in [0.29, 0.717) is 23.5 Å². The third kappa shape index (κ3) is 3.71. The predicted octanol–water partition coefficient (Wildman–Crippen LogP) is 2.04. The van der Waals surface area contributed by atoms with Gasteiger partial charge in [-0.3, -0.25) is 4.90 Å². The highest BCUT2D eigenvalue weighted by Gasteiger charge is 2.12. The molecule has 0 aliphatic carbocycles. The number of nitrogens with zero attached hydrogens (tertiary/aromatic N) is 3. The molecule has 0 radical (unpaired) electrons. The van der Waals surface area contributed by atoms with E-state index in [1.165, 1.54) is 25.9 Å². The summed E-state index contributed by atoms with van der Waals surface area (Å²) in [4.78, 5) is 10.7. The second-order valence-electron chi connectivity index (χ2n) is 4.27. The number of hydrogen-bond acceptors (Lipinski definition) is 5. The predicted molar refractivity (Wildman–Crippen MR) is 72.4 cm³/mol. The Labute approximate surface area is 113 Å². The highest BCUT2D eigenvalue weighted by Crippen LogP contribution is 2.21. The number of rotatable bonds is 6. The normalized spacial score (nSPS) is 15.9. The van der Waals surface area contributed by atoms with Gasteiger partial charge in [-0.1, -0.05) is 11.6 Å². The van der Waals surface area contributed by atoms with Crippen molar-refractivity contribution >= 4 is 17.5 Å². The van der Waals surface area contributed by atoms with Crippen LogP contribution >= 0.6 is 11.6 Å². The van der Waals surface area contributed by atoms with Crippen LogP contribution in [0.5, 0.6) is 5.88 Å². The molecule has 0 unspecified atom stereocenters. The Bertz CT molecular complexity index is 382. The third-order valence-corrected chi connectivity index (χ3v) is 3.15. The van der Waals surface area contributed by atoms with Gasteiger partial charge in [-0.15, -0.1) is 0 Å². The van der Waals surface area contributed by atoms with Gasteiger partial charge in [0.1, 0.15) is 11.6 Å². The van der Waals surface area contributed by atoms with Crippen molar-refractivity contribution < 1.29 is 4.74 Å². The van der Waals surface area contributed by atoms with Crippen LogP contribution in [0.15, 0.2) is 6.20 Å². The van der Waals surface area contributed by atoms with Crippen LogP contribution in [0.4, 0.5) is 5.95 Å². The lowest BCUT2D eigenvalue weighted by Gasteiger charge is -2.15. The second kappa shape index (κ2) is 6.75. The number of nitrogens with one attached hydrogen (secondary N) is 1. The van der Waals surface area contributed by atoms with Crippen LogP contribution in [0, 0.1) is 0 Å². The Balaban J connectivity index is 1.85. The fourth-order valence-corrected chi connectivity index (χ4v) is 2.12. The molecule has 100 valence electrons. The summed E-state index contributed by atoms with van der Waals surface area (Å²) in [5.41, 5.74) is 0. The molecule has 1 aromatic heterocycles. The topological polar surface area (TPSA) is 50.3 Å². The first-order valence-corrected chi connectivity index (χ1v) is 6.79. The van der Waals surface area contributed by atoms with Crippen LogP contribution in [0.3, 0.4) is 0 Å². The van der Waals surface area contributed by atoms with E-state index >= 15 is 0 Å². The van der Waals surface area contributed by atoms with Crippen LogP contribution in [0.1, 0.15) is 19.8 Å². The van der Waals surface area contributed by atoms with Gasteiger partial charge in [-0.05, 0) is 32.9 Å². The minimum Gasteiger partial charge on any atom is -0.475 e. The lowest BCUT2D eigenvalue weighted by atomic mass is 10.4. The molecule has 1 aromatic rings. The van der Waals surface area contributed by atoms with E-state index in [1.54, 1.807) is 6.20 Å². The number of ether oxygens (including phenoxy) is 1. The van der Waals surface area contributed by atoms with Crippen molar-refractivity contribution in [3.63, 3.8) is 0 Å². The standard InChI is InChI=1S/C12H19ClN4O/c1-2-14-12-15-9-10(13)11(16-12)18-8-7-17-5-3-4-6-17/h9H,2-8H2,1H3,(H,14,15,16). The first kappa shape index (κ1) is 13.4. The zero-order chi connectivity index (χ0) is 12.8. The van der Waals surface area contributed by atoms with Crippen molar-refractivity contribution in [2.75, 3.05) is 38.1 Å². The molecule has 1 N–H and O–H groups in total. The molecule has 2 rings (SSSR count). The van der Waals surface area contributed by atoms with Gasteiger partial charge in [0, 0.05) is 13.1 Å². The fraction of sp³-hybridized carbons (Fsp3) is 0.667. The average Bonchev–Trinajstić information content (AvgIpc) is 2.86. The smallest absolute Gasteiger partial charge is 0.237 e. The Morgan fingerprint density at radius 3 is 2.94 bits per heavy atom. The van der Waals surface area contributed by atoms with E-state index < -0.39 is 0 Å². The molecule has 0 amide bonds. The van der Waals surface area contributed by atoms with Crippen LogP contribution < -0.4 is 10.1 Å². The molecular weight excluding hydrogens is 252 g/mol. The largest absolute Gasteiger partial charge is 0.475 e. The first-order valence-electron chi connectivity index (χ1n) is 6.41. The summed E-state index contributed by atoms with van der Waals surface area (Å²) in [6.07, 6.45) is 4.15. The molecule has 0 aromatic carbocycles. The molecule has 2 heterocycles. The maximum absolute atomic E-state index is 6.00. The monoisotopic (exact) mass is 270 g/mol. The lowest BCUT2D eigenvalue weighted by Crippen LogP contribution is -2.25. The highest BCUT2D eigenvalue weighted by molar-refractivity contribution is 6.31. The van der Waals surface area contributed by atoms with Crippen LogP contribution in [0.2, 0.25) is 5.02 Å². The quantitative estimate of drug-likeness (QED) is 0.857. The maximum Gasteiger partial charge on any atom is 0.237 e. The van der Waals surface area contributed by atoms with Crippen molar-refractivity contribution in [3.8, 4) is 5.88 Å². The molecule has 18 heavy (non-hydrogen) atoms. The van der Waals surface area contributed by atoms with Gasteiger partial charge in [0.15, 0.2) is 0 Å². The molecule has 0 atom stereocenters. The number of aromatic nitrogens is 2. The molecule has 1 fully saturated rings. The molecule has 5 nitrogen and oxygen atoms in total. The van der Waals surface area contributed by atoms with E-state index in [0.717, 1.165) is 13.1 Å². The SMILES string of the molecule is CCNc1ncc(Cl)c(OCCN2CCCC2)n1. The number of hydrogen-bond donors (Lipinski definition) is 1. The Morgan fingerprint density at radius 2 is 2.22 bits per heavy atom. The third-order valence-electron chi connectivity index (χ3n) is 2.89. The van der Waals surface area contributed by atoms with Gasteiger partial charge in [0.05, 0.1) is 6.20 Å². The first-order chi connectivity index (χ1) is 8.79. The minimum atomic E-state index is 0.457. The second-order valence-corrected chi connectivity index (χ2v) is 4.68. The Kier molecular flexibility index (Phi) is 5.01. The Hall–Kier alpha value is -1.07. The molecule has 1 aliphatic rings. The van der Waals surface area contributed by atoms with E-state index in [4.69, 9.17) is 16.3 Å². The highest BCUT2D eigenvalue weighted by atomic mass is 35.5. The van der Waals surface area contributed by atoms with E-state index in [9.17, 15) is 0 Å². The average molecular weight is 271 g/mol. The van der Waals surface area contributed by atoms with Gasteiger partial charge in [0.2, 0.25) is 11.8 Å². The van der Waals surface area contributed by atoms with Gasteiger partial charge >= 0.3 is 0 Å². The number of halogens is 1. The Morgan fingerprint density at radius 1 is 1.44 bits per heavy atom. The van der Waals surface area contributed by atoms with Crippen LogP contribution in [0.25, 0.3) is 0 Å². The molecule has 1 aliphatic heterocycles. The fourth-order valence-electron chi connectivity index (χ4n) is 1.97. The van der Waals surface area contributed by atoms with E-state index in [-0.39, 0.29) is 0 Å². The van der Waals surface area contributed by atoms with Crippen molar-refractivity contribution in [2.24, 2.45) is 0 Å². The van der Waals surface area contributed by atoms with Crippen LogP contribution in [-0.4, -0.2) is 47.7 Å². The maximum atomic E-state index is 6.00. The van der Waals surface area contributed by atoms with Crippen molar-refractivity contribution in [1.82, 2.24) is 14.9 Å². The summed E-state index contributed by atoms with van der Waals surface area (Å²) in [5.74, 6) is 1.01. The van der Waals surface area contributed by atoms with E-state index in [2.05, 4.69) is 20.2 Å². The summed E-state index contributed by atoms with van der Waals surface area (Å²) in [7, 11) is 0. The van der Waals surface area contributed by atoms with E-state index in [1.807, 2.05) is 6.92 Å². The van der Waals surface area contributed by atoms with Crippen molar-refractivity contribution in [2.45, 2.75) is 19.8 Å². The summed E-state index contributed by atoms with van der Waals surface area (Å²) >= 11 is 6.00. The molecule has 0 bridgehead atoms. The molecule has 0 spiro atoms. The summed E-state index contributed by atoms with van der Waals surface area (Å²) in [5, 5.41) is 3.49. The zero-order valence-corrected chi connectivity index (χ0v) is 11.4. The lowest BCUT2D eigenvalue weighted by molar-refractivity contribution is 0.232. The summed E-state index contributed by atoms with van der Waals surface area (Å²) in [6.45, 7) is 6.65. The summed E-state index contributed by atoms with van der Waals surface area (Å²) in [6, 6.07) is 0. The van der Waals surface area contributed by atoms with Gasteiger partial charge in [0.25, 0.3) is 0 Å². The number of anilines is 1. The number of likely N-dealkylation sites (tertiary alicyclic amines) is 1. The van der Waals surface area contributed by atoms with Gasteiger partial charge in [-0.2, -0.15) is 4.98 Å². The molecule has 1 saturated heterocycles.